The van der Waals surface area contributed by atoms with Crippen molar-refractivity contribution in [3.63, 3.8) is 0 Å². The van der Waals surface area contributed by atoms with Crippen molar-refractivity contribution in [2.24, 2.45) is 11.8 Å². The van der Waals surface area contributed by atoms with E-state index in [1.165, 1.54) is 16.7 Å². The molecule has 37 heavy (non-hydrogen) atoms. The standard InChI is InChI=1S/C24H35N5O7S/c1-10-18-16(11(2)30)23(34)29(18)19(24(35)36)20(10)37-13-7-14(26-8-13)22(33)28-6-4-12(9-28)27-21(32)17-15(31)3-5-25-17/h10-18,25-26,30-31H,3-9H2,1-2H3,(H,27,32)(H,35,36)/t10-,11-,12+,13+,14+,15?,16-,17+,18-/m1/s1. The van der Waals surface area contributed by atoms with Gasteiger partial charge in [0.2, 0.25) is 17.7 Å². The molecule has 4 saturated heterocycles. The number of carboxylic acid groups (broad SMARTS) is 1. The second kappa shape index (κ2) is 10.2. The molecule has 5 heterocycles. The van der Waals surface area contributed by atoms with E-state index in [0.29, 0.717) is 50.3 Å². The van der Waals surface area contributed by atoms with Crippen LogP contribution < -0.4 is 16.0 Å². The van der Waals surface area contributed by atoms with E-state index in [4.69, 9.17) is 0 Å². The molecule has 0 aromatic rings. The van der Waals surface area contributed by atoms with Gasteiger partial charge in [0.15, 0.2) is 0 Å². The predicted octanol–water partition coefficient (Wildman–Crippen LogP) is -1.96. The van der Waals surface area contributed by atoms with Crippen LogP contribution in [0.1, 0.15) is 33.1 Å². The minimum atomic E-state index is -1.15. The first-order chi connectivity index (χ1) is 17.6. The van der Waals surface area contributed by atoms with Crippen molar-refractivity contribution < 1.29 is 34.5 Å². The van der Waals surface area contributed by atoms with E-state index in [9.17, 15) is 34.5 Å². The summed E-state index contributed by atoms with van der Waals surface area (Å²) in [6.45, 7) is 5.52. The third-order valence-corrected chi connectivity index (χ3v) is 9.82. The fraction of sp³-hybridized carbons (Fsp3) is 0.750. The number of rotatable bonds is 7. The maximum absolute atomic E-state index is 13.2. The molecule has 13 heteroatoms. The first-order valence-corrected chi connectivity index (χ1v) is 13.9. The topological polar surface area (TPSA) is 172 Å². The lowest BCUT2D eigenvalue weighted by Crippen LogP contribution is -2.63. The Bertz CT molecular complexity index is 1020. The minimum Gasteiger partial charge on any atom is -0.477 e. The van der Waals surface area contributed by atoms with Gasteiger partial charge in [-0.25, -0.2) is 4.79 Å². The molecule has 1 unspecified atom stereocenters. The molecule has 0 spiro atoms. The smallest absolute Gasteiger partial charge is 0.353 e. The lowest BCUT2D eigenvalue weighted by atomic mass is 9.79. The van der Waals surface area contributed by atoms with E-state index in [0.717, 1.165) is 0 Å². The summed E-state index contributed by atoms with van der Waals surface area (Å²) in [6, 6.07) is -1.53. The number of hydrogen-bond acceptors (Lipinski definition) is 9. The Balaban J connectivity index is 1.16. The van der Waals surface area contributed by atoms with E-state index in [1.54, 1.807) is 11.8 Å². The van der Waals surface area contributed by atoms with Gasteiger partial charge in [0.05, 0.1) is 30.2 Å². The third-order valence-electron chi connectivity index (χ3n) is 8.31. The zero-order chi connectivity index (χ0) is 26.6. The van der Waals surface area contributed by atoms with E-state index in [2.05, 4.69) is 16.0 Å². The second-order valence-corrected chi connectivity index (χ2v) is 12.1. The highest BCUT2D eigenvalue weighted by Crippen LogP contribution is 2.51. The van der Waals surface area contributed by atoms with E-state index >= 15 is 0 Å². The zero-order valence-corrected chi connectivity index (χ0v) is 21.7. The van der Waals surface area contributed by atoms with Crippen molar-refractivity contribution in [2.45, 2.75) is 74.7 Å². The molecular formula is C24H35N5O7S. The van der Waals surface area contributed by atoms with Gasteiger partial charge in [-0.05, 0) is 32.7 Å². The molecule has 0 aromatic carbocycles. The average Bonchev–Trinajstić information content (AvgIpc) is 3.61. The number of nitrogens with one attached hydrogen (secondary N) is 3. The van der Waals surface area contributed by atoms with Crippen molar-refractivity contribution in [1.82, 2.24) is 25.8 Å². The highest BCUT2D eigenvalue weighted by atomic mass is 32.2. The number of β-lactam (4-membered cyclic amide) rings is 1. The number of fused-ring (bicyclic) bond motifs is 1. The molecule has 6 N–H and O–H groups in total. The van der Waals surface area contributed by atoms with Gasteiger partial charge >= 0.3 is 5.97 Å². The molecular weight excluding hydrogens is 502 g/mol. The highest BCUT2D eigenvalue weighted by Gasteiger charge is 2.60. The fourth-order valence-corrected chi connectivity index (χ4v) is 7.86. The lowest BCUT2D eigenvalue weighted by molar-refractivity contribution is -0.163. The number of carbonyl (C=O) groups excluding carboxylic acids is 3. The van der Waals surface area contributed by atoms with Crippen molar-refractivity contribution in [3.8, 4) is 0 Å². The van der Waals surface area contributed by atoms with Crippen LogP contribution in [0.2, 0.25) is 0 Å². The largest absolute Gasteiger partial charge is 0.477 e. The number of thioether (sulfide) groups is 1. The SMILES string of the molecule is C[C@@H](O)[C@H]1C(=O)N2C(C(=O)O)=C(S[C@@H]3CN[C@H](C(=O)N4CC[C@H](NC(=O)[C@H]5NCCC5O)C4)C3)[C@H](C)[C@H]12. The third kappa shape index (κ3) is 4.65. The summed E-state index contributed by atoms with van der Waals surface area (Å²) in [5, 5.41) is 39.0. The second-order valence-electron chi connectivity index (χ2n) is 10.8. The normalized spacial score (nSPS) is 38.1. The monoisotopic (exact) mass is 537 g/mol. The highest BCUT2D eigenvalue weighted by molar-refractivity contribution is 8.03. The number of carboxylic acids is 1. The number of nitrogens with zero attached hydrogens (tertiary/aromatic N) is 2. The number of amides is 3. The summed E-state index contributed by atoms with van der Waals surface area (Å²) in [5.41, 5.74) is -0.000765. The summed E-state index contributed by atoms with van der Waals surface area (Å²) < 4.78 is 0. The molecule has 0 aliphatic carbocycles. The van der Waals surface area contributed by atoms with Crippen LogP contribution in [0.5, 0.6) is 0 Å². The number of aliphatic hydroxyl groups excluding tert-OH is 2. The number of carbonyl (C=O) groups is 4. The molecule has 5 rings (SSSR count). The number of likely N-dealkylation sites (tertiary alicyclic amines) is 1. The number of hydrogen-bond donors (Lipinski definition) is 6. The van der Waals surface area contributed by atoms with E-state index in [-0.39, 0.29) is 46.7 Å². The van der Waals surface area contributed by atoms with Crippen LogP contribution in [-0.4, -0.2) is 117 Å². The Morgan fingerprint density at radius 1 is 1.22 bits per heavy atom. The first kappa shape index (κ1) is 26.4. The van der Waals surface area contributed by atoms with Crippen LogP contribution in [0.25, 0.3) is 0 Å². The Labute approximate surface area is 219 Å². The van der Waals surface area contributed by atoms with Gasteiger partial charge in [-0.3, -0.25) is 14.4 Å². The molecule has 0 radical (unpaired) electrons. The lowest BCUT2D eigenvalue weighted by Gasteiger charge is -2.46. The molecule has 3 amide bonds. The molecule has 204 valence electrons. The maximum atomic E-state index is 13.2. The summed E-state index contributed by atoms with van der Waals surface area (Å²) in [7, 11) is 0. The Morgan fingerprint density at radius 3 is 2.62 bits per heavy atom. The van der Waals surface area contributed by atoms with Crippen LogP contribution in [-0.2, 0) is 19.2 Å². The summed E-state index contributed by atoms with van der Waals surface area (Å²) >= 11 is 1.41. The fourth-order valence-electron chi connectivity index (χ4n) is 6.39. The van der Waals surface area contributed by atoms with Crippen LogP contribution in [0, 0.1) is 11.8 Å². The van der Waals surface area contributed by atoms with Crippen LogP contribution in [0.3, 0.4) is 0 Å². The maximum Gasteiger partial charge on any atom is 0.353 e. The molecule has 9 atom stereocenters. The summed E-state index contributed by atoms with van der Waals surface area (Å²) in [5.74, 6) is -2.61. The van der Waals surface area contributed by atoms with Gasteiger partial charge in [-0.15, -0.1) is 11.8 Å². The molecule has 0 bridgehead atoms. The molecule has 5 aliphatic heterocycles. The minimum absolute atomic E-state index is 0.000765. The Hall–Kier alpha value is -2.19. The summed E-state index contributed by atoms with van der Waals surface area (Å²) in [6.07, 6.45) is 0.168. The molecule has 0 aromatic heterocycles. The average molecular weight is 538 g/mol. The quantitative estimate of drug-likeness (QED) is 0.200. The van der Waals surface area contributed by atoms with E-state index < -0.39 is 36.2 Å². The van der Waals surface area contributed by atoms with Gasteiger partial charge in [-0.1, -0.05) is 6.92 Å². The van der Waals surface area contributed by atoms with Gasteiger partial charge in [-0.2, -0.15) is 0 Å². The van der Waals surface area contributed by atoms with Gasteiger partial charge in [0.1, 0.15) is 11.7 Å². The molecule has 12 nitrogen and oxygen atoms in total. The molecule has 4 fully saturated rings. The van der Waals surface area contributed by atoms with Gasteiger partial charge in [0, 0.05) is 41.7 Å². The molecule has 5 aliphatic rings. The molecule has 0 saturated carbocycles. The van der Waals surface area contributed by atoms with Crippen molar-refractivity contribution >= 4 is 35.5 Å². The first-order valence-electron chi connectivity index (χ1n) is 13.0. The van der Waals surface area contributed by atoms with Crippen molar-refractivity contribution in [3.05, 3.63) is 10.6 Å². The van der Waals surface area contributed by atoms with Gasteiger partial charge < -0.3 is 41.1 Å². The Kier molecular flexibility index (Phi) is 7.26. The van der Waals surface area contributed by atoms with Crippen LogP contribution >= 0.6 is 11.8 Å². The Morgan fingerprint density at radius 2 is 1.97 bits per heavy atom. The predicted molar refractivity (Wildman–Crippen MR) is 133 cm³/mol. The van der Waals surface area contributed by atoms with Crippen LogP contribution in [0.15, 0.2) is 10.6 Å². The number of aliphatic carboxylic acids is 1. The van der Waals surface area contributed by atoms with E-state index in [1.807, 2.05) is 6.92 Å². The van der Waals surface area contributed by atoms with Crippen molar-refractivity contribution in [1.29, 1.82) is 0 Å². The van der Waals surface area contributed by atoms with Crippen LogP contribution in [0.4, 0.5) is 0 Å². The van der Waals surface area contributed by atoms with Crippen molar-refractivity contribution in [2.75, 3.05) is 26.2 Å². The zero-order valence-electron chi connectivity index (χ0n) is 20.9. The van der Waals surface area contributed by atoms with Gasteiger partial charge in [0.25, 0.3) is 0 Å². The summed E-state index contributed by atoms with van der Waals surface area (Å²) in [4.78, 5) is 53.9. The number of aliphatic hydroxyl groups is 2.